The van der Waals surface area contributed by atoms with Gasteiger partial charge in [0.2, 0.25) is 5.91 Å². The Morgan fingerprint density at radius 1 is 1.24 bits per heavy atom. The van der Waals surface area contributed by atoms with Crippen molar-refractivity contribution >= 4 is 5.91 Å². The molecule has 0 aromatic heterocycles. The minimum atomic E-state index is 0.131. The van der Waals surface area contributed by atoms with Crippen LogP contribution in [0.25, 0.3) is 0 Å². The number of hydrogen-bond donors (Lipinski definition) is 2. The first-order chi connectivity index (χ1) is 10.3. The van der Waals surface area contributed by atoms with Crippen LogP contribution in [-0.2, 0) is 11.3 Å². The summed E-state index contributed by atoms with van der Waals surface area (Å²) in [6.07, 6.45) is 3.70. The van der Waals surface area contributed by atoms with E-state index >= 15 is 0 Å². The number of aliphatic hydroxyl groups excluding tert-OH is 1. The number of aliphatic hydroxyl groups is 1. The summed E-state index contributed by atoms with van der Waals surface area (Å²) in [5.74, 6) is 0.320. The van der Waals surface area contributed by atoms with E-state index in [-0.39, 0.29) is 18.4 Å². The molecular formula is C17H26N2O2. The average molecular weight is 290 g/mol. The number of carbonyl (C=O) groups excluding carboxylic acids is 1. The first-order valence-corrected chi connectivity index (χ1v) is 7.94. The van der Waals surface area contributed by atoms with Gasteiger partial charge in [-0.15, -0.1) is 0 Å². The highest BCUT2D eigenvalue weighted by Crippen LogP contribution is 2.18. The first kappa shape index (κ1) is 16.0. The van der Waals surface area contributed by atoms with Gasteiger partial charge < -0.3 is 10.4 Å². The van der Waals surface area contributed by atoms with Crippen molar-refractivity contribution < 1.29 is 9.90 Å². The van der Waals surface area contributed by atoms with Gasteiger partial charge in [-0.05, 0) is 37.8 Å². The number of hydrogen-bond acceptors (Lipinski definition) is 3. The number of likely N-dealkylation sites (tertiary alicyclic amines) is 1. The quantitative estimate of drug-likeness (QED) is 0.718. The number of nitrogens with one attached hydrogen (secondary N) is 1. The van der Waals surface area contributed by atoms with E-state index in [9.17, 15) is 4.79 Å². The van der Waals surface area contributed by atoms with Crippen molar-refractivity contribution in [1.82, 2.24) is 10.2 Å². The van der Waals surface area contributed by atoms with Crippen LogP contribution in [0.3, 0.4) is 0 Å². The molecule has 1 aromatic rings. The highest BCUT2D eigenvalue weighted by atomic mass is 16.2. The van der Waals surface area contributed by atoms with E-state index in [0.717, 1.165) is 51.9 Å². The first-order valence-electron chi connectivity index (χ1n) is 7.94. The van der Waals surface area contributed by atoms with Crippen LogP contribution >= 0.6 is 0 Å². The third-order valence-electron chi connectivity index (χ3n) is 4.03. The lowest BCUT2D eigenvalue weighted by Crippen LogP contribution is -2.33. The van der Waals surface area contributed by atoms with Crippen LogP contribution in [0.15, 0.2) is 30.3 Å². The second-order valence-corrected chi connectivity index (χ2v) is 5.78. The Bertz CT molecular complexity index is 422. The van der Waals surface area contributed by atoms with Crippen molar-refractivity contribution in [3.05, 3.63) is 35.9 Å². The monoisotopic (exact) mass is 290 g/mol. The summed E-state index contributed by atoms with van der Waals surface area (Å²) in [6.45, 7) is 3.76. The molecule has 1 saturated heterocycles. The third-order valence-corrected chi connectivity index (χ3v) is 4.03. The summed E-state index contributed by atoms with van der Waals surface area (Å²) in [6, 6.07) is 10.4. The lowest BCUT2D eigenvalue weighted by Gasteiger charge is -2.16. The molecule has 1 aromatic carbocycles. The SMILES string of the molecule is O=C(NCCCCCO)C1CCN(Cc2ccccc2)C1. The molecule has 0 saturated carbocycles. The highest BCUT2D eigenvalue weighted by molar-refractivity contribution is 5.79. The highest BCUT2D eigenvalue weighted by Gasteiger charge is 2.27. The molecule has 1 heterocycles. The van der Waals surface area contributed by atoms with Crippen LogP contribution in [-0.4, -0.2) is 42.2 Å². The number of nitrogens with zero attached hydrogens (tertiary/aromatic N) is 1. The van der Waals surface area contributed by atoms with Crippen LogP contribution in [0, 0.1) is 5.92 Å². The minimum absolute atomic E-state index is 0.131. The summed E-state index contributed by atoms with van der Waals surface area (Å²) in [7, 11) is 0. The van der Waals surface area contributed by atoms with Gasteiger partial charge in [-0.3, -0.25) is 9.69 Å². The Labute approximate surface area is 127 Å². The number of unbranched alkanes of at least 4 members (excludes halogenated alkanes) is 2. The van der Waals surface area contributed by atoms with Crippen molar-refractivity contribution in [1.29, 1.82) is 0 Å². The fourth-order valence-corrected chi connectivity index (χ4v) is 2.80. The number of benzene rings is 1. The lowest BCUT2D eigenvalue weighted by molar-refractivity contribution is -0.124. The van der Waals surface area contributed by atoms with Crippen LogP contribution in [0.1, 0.15) is 31.2 Å². The summed E-state index contributed by atoms with van der Waals surface area (Å²) < 4.78 is 0. The molecule has 1 fully saturated rings. The van der Waals surface area contributed by atoms with Gasteiger partial charge in [-0.25, -0.2) is 0 Å². The summed E-state index contributed by atoms with van der Waals surface area (Å²) in [4.78, 5) is 14.4. The van der Waals surface area contributed by atoms with Crippen molar-refractivity contribution in [2.24, 2.45) is 5.92 Å². The minimum Gasteiger partial charge on any atom is -0.396 e. The molecule has 21 heavy (non-hydrogen) atoms. The van der Waals surface area contributed by atoms with Crippen molar-refractivity contribution in [3.8, 4) is 0 Å². The molecule has 116 valence electrons. The van der Waals surface area contributed by atoms with Gasteiger partial charge in [-0.2, -0.15) is 0 Å². The number of carbonyl (C=O) groups is 1. The smallest absolute Gasteiger partial charge is 0.224 e. The average Bonchev–Trinajstić information content (AvgIpc) is 2.96. The van der Waals surface area contributed by atoms with E-state index in [4.69, 9.17) is 5.11 Å². The van der Waals surface area contributed by atoms with Gasteiger partial charge in [0.1, 0.15) is 0 Å². The molecular weight excluding hydrogens is 264 g/mol. The van der Waals surface area contributed by atoms with Gasteiger partial charge in [-0.1, -0.05) is 30.3 Å². The molecule has 1 amide bonds. The Kier molecular flexibility index (Phi) is 6.70. The van der Waals surface area contributed by atoms with Crippen molar-refractivity contribution in [2.75, 3.05) is 26.2 Å². The lowest BCUT2D eigenvalue weighted by atomic mass is 10.1. The molecule has 1 unspecified atom stereocenters. The van der Waals surface area contributed by atoms with Crippen molar-refractivity contribution in [3.63, 3.8) is 0 Å². The maximum Gasteiger partial charge on any atom is 0.224 e. The number of amides is 1. The predicted octanol–water partition coefficient (Wildman–Crippen LogP) is 1.79. The maximum atomic E-state index is 12.1. The molecule has 0 spiro atoms. The van der Waals surface area contributed by atoms with E-state index in [1.807, 2.05) is 6.07 Å². The zero-order valence-electron chi connectivity index (χ0n) is 12.6. The van der Waals surface area contributed by atoms with E-state index in [1.165, 1.54) is 5.56 Å². The van der Waals surface area contributed by atoms with E-state index in [2.05, 4.69) is 34.5 Å². The van der Waals surface area contributed by atoms with Gasteiger partial charge in [0.15, 0.2) is 0 Å². The maximum absolute atomic E-state index is 12.1. The van der Waals surface area contributed by atoms with Crippen LogP contribution in [0.5, 0.6) is 0 Å². The zero-order valence-corrected chi connectivity index (χ0v) is 12.6. The topological polar surface area (TPSA) is 52.6 Å². The zero-order chi connectivity index (χ0) is 14.9. The van der Waals surface area contributed by atoms with Gasteiger partial charge >= 0.3 is 0 Å². The molecule has 1 aliphatic rings. The number of rotatable bonds is 8. The Hall–Kier alpha value is -1.39. The largest absolute Gasteiger partial charge is 0.396 e. The summed E-state index contributed by atoms with van der Waals surface area (Å²) in [5, 5.41) is 11.7. The summed E-state index contributed by atoms with van der Waals surface area (Å²) >= 11 is 0. The molecule has 4 nitrogen and oxygen atoms in total. The molecule has 2 N–H and O–H groups in total. The molecule has 0 bridgehead atoms. The standard InChI is InChI=1S/C17H26N2O2/c20-12-6-2-5-10-18-17(21)16-9-11-19(14-16)13-15-7-3-1-4-8-15/h1,3-4,7-8,16,20H,2,5-6,9-14H2,(H,18,21). The Balaban J connectivity index is 1.66. The van der Waals surface area contributed by atoms with E-state index in [1.54, 1.807) is 0 Å². The van der Waals surface area contributed by atoms with Gasteiger partial charge in [0, 0.05) is 26.2 Å². The normalized spacial score (nSPS) is 18.8. The molecule has 2 rings (SSSR count). The van der Waals surface area contributed by atoms with Crippen molar-refractivity contribution in [2.45, 2.75) is 32.2 Å². The third kappa shape index (κ3) is 5.48. The van der Waals surface area contributed by atoms with Gasteiger partial charge in [0.05, 0.1) is 5.92 Å². The fourth-order valence-electron chi connectivity index (χ4n) is 2.80. The van der Waals surface area contributed by atoms with Crippen LogP contribution in [0.2, 0.25) is 0 Å². The predicted molar refractivity (Wildman–Crippen MR) is 83.8 cm³/mol. The summed E-state index contributed by atoms with van der Waals surface area (Å²) in [5.41, 5.74) is 1.31. The molecule has 0 aliphatic carbocycles. The molecule has 1 atom stereocenters. The fraction of sp³-hybridized carbons (Fsp3) is 0.588. The Morgan fingerprint density at radius 2 is 2.05 bits per heavy atom. The van der Waals surface area contributed by atoms with Gasteiger partial charge in [0.25, 0.3) is 0 Å². The second-order valence-electron chi connectivity index (χ2n) is 5.78. The molecule has 1 aliphatic heterocycles. The van der Waals surface area contributed by atoms with E-state index < -0.39 is 0 Å². The van der Waals surface area contributed by atoms with E-state index in [0.29, 0.717) is 0 Å². The molecule has 0 radical (unpaired) electrons. The second kappa shape index (κ2) is 8.80. The van der Waals surface area contributed by atoms with Crippen LogP contribution in [0.4, 0.5) is 0 Å². The Morgan fingerprint density at radius 3 is 2.81 bits per heavy atom. The molecule has 4 heteroatoms. The van der Waals surface area contributed by atoms with Crippen LogP contribution < -0.4 is 5.32 Å².